The van der Waals surface area contributed by atoms with Gasteiger partial charge in [0.2, 0.25) is 11.2 Å². The molecule has 4 heterocycles. The standard InChI is InChI=1S/C18H24ClN5O3/c1-10(12-5-4-6-22(12)2)27-15-13-14(20-16(19)21-15)24(17(25)23(13)3)18-7-11(18)8-26-9-18/h10-12H,4-9H2,1-3H3/t10-,11-,12-,18-/m0/s1. The summed E-state index contributed by atoms with van der Waals surface area (Å²) < 4.78 is 15.2. The normalized spacial score (nSPS) is 31.4. The molecule has 0 aromatic carbocycles. The van der Waals surface area contributed by atoms with Crippen molar-refractivity contribution in [1.29, 1.82) is 0 Å². The van der Waals surface area contributed by atoms with Crippen LogP contribution >= 0.6 is 11.6 Å². The Morgan fingerprint density at radius 2 is 2.19 bits per heavy atom. The summed E-state index contributed by atoms with van der Waals surface area (Å²) in [5.74, 6) is 0.744. The van der Waals surface area contributed by atoms with Crippen LogP contribution < -0.4 is 10.4 Å². The van der Waals surface area contributed by atoms with Crippen molar-refractivity contribution in [1.82, 2.24) is 24.0 Å². The lowest BCUT2D eigenvalue weighted by atomic mass is 10.1. The van der Waals surface area contributed by atoms with E-state index < -0.39 is 0 Å². The smallest absolute Gasteiger partial charge is 0.330 e. The van der Waals surface area contributed by atoms with E-state index in [1.54, 1.807) is 16.2 Å². The maximum absolute atomic E-state index is 13.1. The van der Waals surface area contributed by atoms with Gasteiger partial charge in [0.1, 0.15) is 6.10 Å². The van der Waals surface area contributed by atoms with Crippen molar-refractivity contribution in [3.05, 3.63) is 15.8 Å². The predicted molar refractivity (Wildman–Crippen MR) is 100 cm³/mol. The number of ether oxygens (including phenoxy) is 2. The van der Waals surface area contributed by atoms with Crippen molar-refractivity contribution in [3.63, 3.8) is 0 Å². The summed E-state index contributed by atoms with van der Waals surface area (Å²) in [6, 6.07) is 0.322. The van der Waals surface area contributed by atoms with Crippen molar-refractivity contribution >= 4 is 22.8 Å². The summed E-state index contributed by atoms with van der Waals surface area (Å²) in [5, 5.41) is 0.0938. The first-order valence-corrected chi connectivity index (χ1v) is 9.90. The van der Waals surface area contributed by atoms with Gasteiger partial charge in [0.05, 0.1) is 18.8 Å². The maximum atomic E-state index is 13.1. The highest BCUT2D eigenvalue weighted by Crippen LogP contribution is 2.55. The van der Waals surface area contributed by atoms with E-state index in [-0.39, 0.29) is 22.6 Å². The Morgan fingerprint density at radius 1 is 1.37 bits per heavy atom. The second-order valence-corrected chi connectivity index (χ2v) is 8.52. The Kier molecular flexibility index (Phi) is 3.83. The zero-order valence-electron chi connectivity index (χ0n) is 15.8. The maximum Gasteiger partial charge on any atom is 0.330 e. The molecular formula is C18H24ClN5O3. The number of rotatable bonds is 4. The average Bonchev–Trinajstić information content (AvgIpc) is 2.92. The molecular weight excluding hydrogens is 370 g/mol. The number of hydrogen-bond acceptors (Lipinski definition) is 6. The number of likely N-dealkylation sites (tertiary alicyclic amines) is 1. The van der Waals surface area contributed by atoms with Gasteiger partial charge in [-0.05, 0) is 51.4 Å². The molecule has 0 radical (unpaired) electrons. The van der Waals surface area contributed by atoms with Gasteiger partial charge in [-0.2, -0.15) is 9.97 Å². The molecule has 0 N–H and O–H groups in total. The van der Waals surface area contributed by atoms with Crippen LogP contribution in [-0.4, -0.2) is 63.0 Å². The fourth-order valence-corrected chi connectivity index (χ4v) is 5.08. The van der Waals surface area contributed by atoms with E-state index >= 15 is 0 Å². The number of imidazole rings is 1. The Hall–Kier alpha value is -1.64. The van der Waals surface area contributed by atoms with Crippen LogP contribution in [0.1, 0.15) is 26.2 Å². The summed E-state index contributed by atoms with van der Waals surface area (Å²) in [4.78, 5) is 24.1. The number of nitrogens with zero attached hydrogens (tertiary/aromatic N) is 5. The fourth-order valence-electron chi connectivity index (χ4n) is 4.93. The molecule has 3 aliphatic rings. The third kappa shape index (κ3) is 2.46. The van der Waals surface area contributed by atoms with Crippen molar-refractivity contribution in [3.8, 4) is 5.88 Å². The van der Waals surface area contributed by atoms with Gasteiger partial charge >= 0.3 is 5.69 Å². The van der Waals surface area contributed by atoms with Crippen LogP contribution in [0, 0.1) is 5.92 Å². The van der Waals surface area contributed by atoms with Crippen LogP contribution in [0.15, 0.2) is 4.79 Å². The largest absolute Gasteiger partial charge is 0.471 e. The fraction of sp³-hybridized carbons (Fsp3) is 0.722. The van der Waals surface area contributed by atoms with E-state index in [1.165, 1.54) is 0 Å². The highest BCUT2D eigenvalue weighted by Gasteiger charge is 2.61. The Labute approximate surface area is 162 Å². The first-order chi connectivity index (χ1) is 12.9. The number of aryl methyl sites for hydroxylation is 1. The van der Waals surface area contributed by atoms with Crippen molar-refractivity contribution in [2.24, 2.45) is 13.0 Å². The van der Waals surface area contributed by atoms with E-state index in [0.717, 1.165) is 25.8 Å². The molecule has 1 saturated carbocycles. The van der Waals surface area contributed by atoms with Gasteiger partial charge in [-0.3, -0.25) is 14.0 Å². The summed E-state index contributed by atoms with van der Waals surface area (Å²) in [6.45, 7) is 4.34. The van der Waals surface area contributed by atoms with Crippen LogP contribution in [0.4, 0.5) is 0 Å². The molecule has 2 aromatic rings. The van der Waals surface area contributed by atoms with Gasteiger partial charge in [-0.25, -0.2) is 4.79 Å². The SMILES string of the molecule is C[C@H](Oc1nc(Cl)nc2c1n(C)c(=O)n2[C@@]12COC[C@@H]1C2)[C@@H]1CCCN1C. The van der Waals surface area contributed by atoms with Crippen LogP contribution in [0.2, 0.25) is 5.28 Å². The van der Waals surface area contributed by atoms with E-state index in [9.17, 15) is 4.79 Å². The lowest BCUT2D eigenvalue weighted by Gasteiger charge is -2.26. The van der Waals surface area contributed by atoms with Gasteiger partial charge in [0.15, 0.2) is 11.2 Å². The van der Waals surface area contributed by atoms with Gasteiger partial charge < -0.3 is 9.47 Å². The van der Waals surface area contributed by atoms with E-state index in [2.05, 4.69) is 21.9 Å². The molecule has 3 fully saturated rings. The highest BCUT2D eigenvalue weighted by molar-refractivity contribution is 6.28. The van der Waals surface area contributed by atoms with Crippen LogP contribution in [0.3, 0.4) is 0 Å². The topological polar surface area (TPSA) is 74.4 Å². The number of fused-ring (bicyclic) bond motifs is 2. The predicted octanol–water partition coefficient (Wildman–Crippen LogP) is 1.39. The molecule has 146 valence electrons. The van der Waals surface area contributed by atoms with Crippen LogP contribution in [-0.2, 0) is 17.3 Å². The average molecular weight is 394 g/mol. The molecule has 0 amide bonds. The summed E-state index contributed by atoms with van der Waals surface area (Å²) in [5.41, 5.74) is 0.731. The van der Waals surface area contributed by atoms with E-state index in [1.807, 2.05) is 6.92 Å². The Balaban J connectivity index is 1.61. The minimum Gasteiger partial charge on any atom is -0.471 e. The van der Waals surface area contributed by atoms with Crippen molar-refractivity contribution in [2.45, 2.75) is 43.9 Å². The number of aromatic nitrogens is 4. The lowest BCUT2D eigenvalue weighted by Crippen LogP contribution is -2.38. The molecule has 1 aliphatic carbocycles. The Morgan fingerprint density at radius 3 is 2.81 bits per heavy atom. The van der Waals surface area contributed by atoms with Gasteiger partial charge in [-0.15, -0.1) is 0 Å². The third-order valence-electron chi connectivity index (χ3n) is 6.56. The molecule has 5 rings (SSSR count). The number of halogens is 1. The second kappa shape index (κ2) is 5.93. The molecule has 0 spiro atoms. The second-order valence-electron chi connectivity index (χ2n) is 8.18. The van der Waals surface area contributed by atoms with Crippen LogP contribution in [0.25, 0.3) is 11.2 Å². The zero-order valence-corrected chi connectivity index (χ0v) is 16.6. The number of likely N-dealkylation sites (N-methyl/N-ethyl adjacent to an activating group) is 1. The van der Waals surface area contributed by atoms with Gasteiger partial charge in [-0.1, -0.05) is 0 Å². The summed E-state index contributed by atoms with van der Waals surface area (Å²) >= 11 is 6.23. The first-order valence-electron chi connectivity index (χ1n) is 9.52. The summed E-state index contributed by atoms with van der Waals surface area (Å²) in [7, 11) is 3.85. The molecule has 27 heavy (non-hydrogen) atoms. The molecule has 9 heteroatoms. The van der Waals surface area contributed by atoms with Crippen LogP contribution in [0.5, 0.6) is 5.88 Å². The van der Waals surface area contributed by atoms with Crippen molar-refractivity contribution in [2.75, 3.05) is 26.8 Å². The van der Waals surface area contributed by atoms with Gasteiger partial charge in [0.25, 0.3) is 0 Å². The molecule has 8 nitrogen and oxygen atoms in total. The molecule has 2 aromatic heterocycles. The molecule has 2 saturated heterocycles. The summed E-state index contributed by atoms with van der Waals surface area (Å²) in [6.07, 6.45) is 3.12. The highest BCUT2D eigenvalue weighted by atomic mass is 35.5. The van der Waals surface area contributed by atoms with E-state index in [0.29, 0.717) is 42.2 Å². The zero-order chi connectivity index (χ0) is 18.9. The van der Waals surface area contributed by atoms with E-state index in [4.69, 9.17) is 21.1 Å². The van der Waals surface area contributed by atoms with Gasteiger partial charge in [0, 0.05) is 19.0 Å². The third-order valence-corrected chi connectivity index (χ3v) is 6.73. The lowest BCUT2D eigenvalue weighted by molar-refractivity contribution is 0.118. The number of hydrogen-bond donors (Lipinski definition) is 0. The minimum atomic E-state index is -0.289. The van der Waals surface area contributed by atoms with Crippen molar-refractivity contribution < 1.29 is 9.47 Å². The molecule has 4 atom stereocenters. The first kappa shape index (κ1) is 17.5. The molecule has 0 unspecified atom stereocenters. The molecule has 2 aliphatic heterocycles. The molecule has 0 bridgehead atoms. The quantitative estimate of drug-likeness (QED) is 0.731. The monoisotopic (exact) mass is 393 g/mol. The Bertz CT molecular complexity index is 972. The minimum absolute atomic E-state index is 0.0632.